The molecular weight excluding hydrogens is 214 g/mol. The van der Waals surface area contributed by atoms with Crippen LogP contribution in [-0.4, -0.2) is 18.8 Å². The van der Waals surface area contributed by atoms with Crippen molar-refractivity contribution >= 4 is 30.6 Å². The molecular formula is C10H14ClNOSi. The highest BCUT2D eigenvalue weighted by Crippen LogP contribution is 2.15. The second-order valence-corrected chi connectivity index (χ2v) is 9.74. The largest absolute Gasteiger partial charge is 0.293 e. The summed E-state index contributed by atoms with van der Waals surface area (Å²) in [6.07, 6.45) is 1.66. The average molecular weight is 228 g/mol. The molecule has 1 heterocycles. The molecule has 76 valence electrons. The fourth-order valence-electron chi connectivity index (χ4n) is 1.27. The quantitative estimate of drug-likeness (QED) is 0.574. The van der Waals surface area contributed by atoms with E-state index in [0.29, 0.717) is 10.7 Å². The van der Waals surface area contributed by atoms with E-state index in [4.69, 9.17) is 11.6 Å². The molecule has 2 nitrogen and oxygen atoms in total. The van der Waals surface area contributed by atoms with Gasteiger partial charge in [-0.05, 0) is 11.3 Å². The van der Waals surface area contributed by atoms with Crippen molar-refractivity contribution < 1.29 is 4.79 Å². The van der Waals surface area contributed by atoms with E-state index >= 15 is 0 Å². The Morgan fingerprint density at radius 1 is 1.43 bits per heavy atom. The van der Waals surface area contributed by atoms with Gasteiger partial charge in [0.2, 0.25) is 0 Å². The van der Waals surface area contributed by atoms with Crippen molar-refractivity contribution in [1.82, 2.24) is 4.98 Å². The van der Waals surface area contributed by atoms with Gasteiger partial charge in [0.1, 0.15) is 5.69 Å². The smallest absolute Gasteiger partial charge is 0.179 e. The number of carbonyl (C=O) groups excluding carboxylic acids is 1. The van der Waals surface area contributed by atoms with E-state index in [1.54, 1.807) is 6.20 Å². The molecule has 0 spiro atoms. The monoisotopic (exact) mass is 227 g/mol. The lowest BCUT2D eigenvalue weighted by Gasteiger charge is -2.18. The summed E-state index contributed by atoms with van der Waals surface area (Å²) in [6.45, 7) is 8.07. The molecule has 1 aromatic heterocycles. The van der Waals surface area contributed by atoms with Gasteiger partial charge in [0, 0.05) is 13.1 Å². The summed E-state index contributed by atoms with van der Waals surface area (Å²) in [6, 6.07) is 1.92. The molecule has 0 N–H and O–H groups in total. The van der Waals surface area contributed by atoms with Crippen LogP contribution in [-0.2, 0) is 0 Å². The van der Waals surface area contributed by atoms with Crippen molar-refractivity contribution in [3.8, 4) is 0 Å². The van der Waals surface area contributed by atoms with Crippen LogP contribution in [0.15, 0.2) is 12.3 Å². The number of aromatic nitrogens is 1. The lowest BCUT2D eigenvalue weighted by molar-refractivity contribution is 0.101. The highest BCUT2D eigenvalue weighted by molar-refractivity contribution is 6.90. The van der Waals surface area contributed by atoms with E-state index in [2.05, 4.69) is 24.6 Å². The summed E-state index contributed by atoms with van der Waals surface area (Å²) < 4.78 is 0. The highest BCUT2D eigenvalue weighted by atomic mass is 35.5. The molecule has 1 rings (SSSR count). The summed E-state index contributed by atoms with van der Waals surface area (Å²) in [5.41, 5.74) is 0.395. The first-order valence-corrected chi connectivity index (χ1v) is 8.37. The fourth-order valence-corrected chi connectivity index (χ4v) is 3.72. The van der Waals surface area contributed by atoms with E-state index in [-0.39, 0.29) is 5.78 Å². The maximum Gasteiger partial charge on any atom is 0.179 e. The lowest BCUT2D eigenvalue weighted by Crippen LogP contribution is -2.39. The number of Topliss-reactive ketones (excluding diaryl/α,β-unsaturated/α-hetero) is 1. The Morgan fingerprint density at radius 3 is 2.43 bits per heavy atom. The number of carbonyl (C=O) groups is 1. The minimum absolute atomic E-state index is 0.0740. The zero-order valence-corrected chi connectivity index (χ0v) is 10.6. The van der Waals surface area contributed by atoms with E-state index in [0.717, 1.165) is 5.19 Å². The minimum Gasteiger partial charge on any atom is -0.293 e. The zero-order valence-electron chi connectivity index (χ0n) is 8.89. The molecule has 0 aromatic carbocycles. The number of ketones is 1. The van der Waals surface area contributed by atoms with Crippen LogP contribution in [0.25, 0.3) is 0 Å². The molecule has 0 radical (unpaired) electrons. The van der Waals surface area contributed by atoms with Crippen LogP contribution in [0.4, 0.5) is 0 Å². The third kappa shape index (κ3) is 2.22. The molecule has 4 heteroatoms. The topological polar surface area (TPSA) is 30.0 Å². The summed E-state index contributed by atoms with van der Waals surface area (Å²) in [7, 11) is -1.48. The molecule has 0 fully saturated rings. The van der Waals surface area contributed by atoms with Crippen molar-refractivity contribution in [3.63, 3.8) is 0 Å². The molecule has 0 amide bonds. The Balaban J connectivity index is 3.35. The van der Waals surface area contributed by atoms with Gasteiger partial charge < -0.3 is 0 Å². The van der Waals surface area contributed by atoms with Crippen LogP contribution in [0.2, 0.25) is 24.7 Å². The number of pyridine rings is 1. The van der Waals surface area contributed by atoms with Crippen LogP contribution in [0.5, 0.6) is 0 Å². The maximum absolute atomic E-state index is 11.2. The molecule has 0 aliphatic rings. The zero-order chi connectivity index (χ0) is 10.9. The Hall–Kier alpha value is -0.673. The Labute approximate surface area is 90.3 Å². The summed E-state index contributed by atoms with van der Waals surface area (Å²) >= 11 is 6.14. The number of hydrogen-bond donors (Lipinski definition) is 0. The standard InChI is InChI=1S/C10H14ClNOSi/c1-7(13)10-9(11)8(5-6-12-10)14(2,3)4/h5-6H,1-4H3. The van der Waals surface area contributed by atoms with Gasteiger partial charge in [-0.2, -0.15) is 0 Å². The average Bonchev–Trinajstić information content (AvgIpc) is 2.01. The molecule has 0 aliphatic carbocycles. The Morgan fingerprint density at radius 2 is 2.00 bits per heavy atom. The SMILES string of the molecule is CC(=O)c1nccc([Si](C)(C)C)c1Cl. The van der Waals surface area contributed by atoms with Crippen LogP contribution in [0.1, 0.15) is 17.4 Å². The van der Waals surface area contributed by atoms with Crippen LogP contribution in [0, 0.1) is 0 Å². The number of nitrogens with zero attached hydrogens (tertiary/aromatic N) is 1. The predicted molar refractivity (Wildman–Crippen MR) is 62.2 cm³/mol. The van der Waals surface area contributed by atoms with Crippen molar-refractivity contribution in [2.24, 2.45) is 0 Å². The van der Waals surface area contributed by atoms with E-state index < -0.39 is 8.07 Å². The number of halogens is 1. The van der Waals surface area contributed by atoms with Crippen molar-refractivity contribution in [2.75, 3.05) is 0 Å². The third-order valence-corrected chi connectivity index (χ3v) is 4.60. The van der Waals surface area contributed by atoms with Crippen molar-refractivity contribution in [3.05, 3.63) is 23.0 Å². The molecule has 0 aliphatic heterocycles. The van der Waals surface area contributed by atoms with Gasteiger partial charge in [-0.25, -0.2) is 0 Å². The van der Waals surface area contributed by atoms with Gasteiger partial charge in [-0.15, -0.1) is 0 Å². The highest BCUT2D eigenvalue weighted by Gasteiger charge is 2.22. The lowest BCUT2D eigenvalue weighted by atomic mass is 10.3. The van der Waals surface area contributed by atoms with Gasteiger partial charge in [-0.3, -0.25) is 9.78 Å². The molecule has 0 bridgehead atoms. The van der Waals surface area contributed by atoms with Gasteiger partial charge >= 0.3 is 0 Å². The van der Waals surface area contributed by atoms with Crippen LogP contribution < -0.4 is 5.19 Å². The summed E-state index contributed by atoms with van der Waals surface area (Å²) in [4.78, 5) is 15.2. The fraction of sp³-hybridized carbons (Fsp3) is 0.400. The van der Waals surface area contributed by atoms with Crippen molar-refractivity contribution in [1.29, 1.82) is 0 Å². The molecule has 0 saturated carbocycles. The number of rotatable bonds is 2. The maximum atomic E-state index is 11.2. The number of hydrogen-bond acceptors (Lipinski definition) is 2. The van der Waals surface area contributed by atoms with Gasteiger partial charge in [0.15, 0.2) is 5.78 Å². The van der Waals surface area contributed by atoms with E-state index in [9.17, 15) is 4.79 Å². The third-order valence-electron chi connectivity index (χ3n) is 2.03. The molecule has 0 unspecified atom stereocenters. The summed E-state index contributed by atoms with van der Waals surface area (Å²) in [5.74, 6) is -0.0740. The van der Waals surface area contributed by atoms with Crippen LogP contribution in [0.3, 0.4) is 0 Å². The Bertz CT molecular complexity index is 371. The first-order chi connectivity index (χ1) is 6.34. The first-order valence-electron chi connectivity index (χ1n) is 4.50. The van der Waals surface area contributed by atoms with Gasteiger partial charge in [0.25, 0.3) is 0 Å². The molecule has 1 aromatic rings. The van der Waals surface area contributed by atoms with E-state index in [1.165, 1.54) is 6.92 Å². The first kappa shape index (κ1) is 11.4. The second-order valence-electron chi connectivity index (χ2n) is 4.33. The van der Waals surface area contributed by atoms with Gasteiger partial charge in [0.05, 0.1) is 13.1 Å². The summed E-state index contributed by atoms with van der Waals surface area (Å²) in [5, 5.41) is 1.64. The van der Waals surface area contributed by atoms with Crippen molar-refractivity contribution in [2.45, 2.75) is 26.6 Å². The predicted octanol–water partition coefficient (Wildman–Crippen LogP) is 2.48. The van der Waals surface area contributed by atoms with Gasteiger partial charge in [-0.1, -0.05) is 31.2 Å². The van der Waals surface area contributed by atoms with E-state index in [1.807, 2.05) is 6.07 Å². The van der Waals surface area contributed by atoms with Crippen LogP contribution >= 0.6 is 11.6 Å². The normalized spacial score (nSPS) is 11.5. The minimum atomic E-state index is -1.48. The molecule has 0 atom stereocenters. The molecule has 0 saturated heterocycles. The second kappa shape index (κ2) is 3.83. The Kier molecular flexibility index (Phi) is 3.12. The molecule has 14 heavy (non-hydrogen) atoms.